The highest BCUT2D eigenvalue weighted by molar-refractivity contribution is 7.17. The first-order chi connectivity index (χ1) is 13.0. The lowest BCUT2D eigenvalue weighted by Gasteiger charge is -2.11. The Morgan fingerprint density at radius 2 is 2.15 bits per heavy atom. The van der Waals surface area contributed by atoms with Gasteiger partial charge in [-0.1, -0.05) is 31.0 Å². The number of carbonyl (C=O) groups is 1. The summed E-state index contributed by atoms with van der Waals surface area (Å²) >= 11 is 7.86. The van der Waals surface area contributed by atoms with E-state index in [1.165, 1.54) is 0 Å². The molecular weight excluding hydrogens is 384 g/mol. The summed E-state index contributed by atoms with van der Waals surface area (Å²) in [6, 6.07) is 6.25. The summed E-state index contributed by atoms with van der Waals surface area (Å²) in [4.78, 5) is 15.3. The Bertz CT molecular complexity index is 948. The second kappa shape index (κ2) is 8.87. The van der Waals surface area contributed by atoms with Crippen molar-refractivity contribution < 1.29 is 15.0 Å². The predicted octanol–water partition coefficient (Wildman–Crippen LogP) is 4.65. The molecular formula is C20H23ClN2O3S. The van der Waals surface area contributed by atoms with Crippen LogP contribution in [0.2, 0.25) is 5.15 Å². The van der Waals surface area contributed by atoms with Gasteiger partial charge in [0.2, 0.25) is 0 Å². The fourth-order valence-electron chi connectivity index (χ4n) is 3.21. The van der Waals surface area contributed by atoms with Crippen LogP contribution in [-0.4, -0.2) is 25.7 Å². The van der Waals surface area contributed by atoms with Gasteiger partial charge in [0, 0.05) is 24.1 Å². The van der Waals surface area contributed by atoms with Crippen molar-refractivity contribution in [1.29, 1.82) is 0 Å². The summed E-state index contributed by atoms with van der Waals surface area (Å²) < 4.78 is 3.15. The zero-order chi connectivity index (χ0) is 19.4. The molecule has 0 aliphatic heterocycles. The standard InChI is InChI=1S/C20H23ClN2O3S/c1-2-3-4-18-22-20(21)16(11-24)23(18)10-13-5-7-17-15(9-13)14(12-27-17)6-8-19(25)26/h5,7,9,12,24H,2-4,6,8,10-11H2,1H3,(H,25,26). The third kappa shape index (κ3) is 4.51. The zero-order valence-corrected chi connectivity index (χ0v) is 16.8. The molecule has 0 spiro atoms. The molecule has 0 bridgehead atoms. The van der Waals surface area contributed by atoms with Gasteiger partial charge in [0.1, 0.15) is 5.82 Å². The number of thiophene rings is 1. The molecule has 2 heterocycles. The number of carboxylic acids is 1. The molecule has 5 nitrogen and oxygen atoms in total. The molecule has 0 atom stereocenters. The van der Waals surface area contributed by atoms with Gasteiger partial charge in [-0.15, -0.1) is 11.3 Å². The van der Waals surface area contributed by atoms with Gasteiger partial charge in [-0.3, -0.25) is 4.79 Å². The van der Waals surface area contributed by atoms with E-state index in [2.05, 4.69) is 30.1 Å². The number of aliphatic hydroxyl groups excluding tert-OH is 1. The summed E-state index contributed by atoms with van der Waals surface area (Å²) in [5.41, 5.74) is 2.79. The second-order valence-corrected chi connectivity index (χ2v) is 7.87. The predicted molar refractivity (Wildman–Crippen MR) is 109 cm³/mol. The SMILES string of the molecule is CCCCc1nc(Cl)c(CO)n1Cc1ccc2scc(CCC(=O)O)c2c1. The van der Waals surface area contributed by atoms with E-state index in [4.69, 9.17) is 16.7 Å². The summed E-state index contributed by atoms with van der Waals surface area (Å²) in [6.07, 6.45) is 3.55. The van der Waals surface area contributed by atoms with Gasteiger partial charge in [0.25, 0.3) is 0 Å². The number of halogens is 1. The van der Waals surface area contributed by atoms with Gasteiger partial charge in [-0.25, -0.2) is 4.98 Å². The van der Waals surface area contributed by atoms with Crippen molar-refractivity contribution in [2.24, 2.45) is 0 Å². The number of imidazole rings is 1. The van der Waals surface area contributed by atoms with E-state index in [1.807, 2.05) is 9.95 Å². The molecule has 7 heteroatoms. The molecule has 2 N–H and O–H groups in total. The van der Waals surface area contributed by atoms with Crippen molar-refractivity contribution in [3.8, 4) is 0 Å². The Morgan fingerprint density at radius 1 is 1.33 bits per heavy atom. The molecule has 27 heavy (non-hydrogen) atoms. The quantitative estimate of drug-likeness (QED) is 0.542. The third-order valence-corrected chi connectivity index (χ3v) is 5.99. The lowest BCUT2D eigenvalue weighted by Crippen LogP contribution is -2.09. The smallest absolute Gasteiger partial charge is 0.303 e. The highest BCUT2D eigenvalue weighted by Crippen LogP contribution is 2.29. The number of fused-ring (bicyclic) bond motifs is 1. The molecule has 3 aromatic rings. The summed E-state index contributed by atoms with van der Waals surface area (Å²) in [7, 11) is 0. The van der Waals surface area contributed by atoms with E-state index in [1.54, 1.807) is 11.3 Å². The lowest BCUT2D eigenvalue weighted by molar-refractivity contribution is -0.136. The van der Waals surface area contributed by atoms with Crippen LogP contribution in [0.5, 0.6) is 0 Å². The van der Waals surface area contributed by atoms with Crippen molar-refractivity contribution in [3.63, 3.8) is 0 Å². The zero-order valence-electron chi connectivity index (χ0n) is 15.2. The molecule has 0 fully saturated rings. The fraction of sp³-hybridized carbons (Fsp3) is 0.400. The normalized spacial score (nSPS) is 11.4. The Hall–Kier alpha value is -1.89. The number of nitrogens with zero attached hydrogens (tertiary/aromatic N) is 2. The van der Waals surface area contributed by atoms with E-state index < -0.39 is 5.97 Å². The number of aromatic nitrogens is 2. The van der Waals surface area contributed by atoms with Crippen LogP contribution in [-0.2, 0) is 30.8 Å². The first-order valence-corrected chi connectivity index (χ1v) is 10.3. The molecule has 1 aromatic carbocycles. The number of unbranched alkanes of at least 4 members (excludes halogenated alkanes) is 1. The number of aliphatic hydroxyl groups is 1. The average Bonchev–Trinajstić information content (AvgIpc) is 3.18. The largest absolute Gasteiger partial charge is 0.481 e. The van der Waals surface area contributed by atoms with Crippen LogP contribution in [0.1, 0.15) is 48.8 Å². The number of hydrogen-bond donors (Lipinski definition) is 2. The van der Waals surface area contributed by atoms with Crippen molar-refractivity contribution in [2.75, 3.05) is 0 Å². The highest BCUT2D eigenvalue weighted by Gasteiger charge is 2.16. The lowest BCUT2D eigenvalue weighted by atomic mass is 10.1. The van der Waals surface area contributed by atoms with Crippen LogP contribution in [0.4, 0.5) is 0 Å². The van der Waals surface area contributed by atoms with Crippen LogP contribution < -0.4 is 0 Å². The van der Waals surface area contributed by atoms with E-state index in [0.717, 1.165) is 46.3 Å². The maximum Gasteiger partial charge on any atom is 0.303 e. The number of hydrogen-bond acceptors (Lipinski definition) is 4. The monoisotopic (exact) mass is 406 g/mol. The molecule has 0 amide bonds. The van der Waals surface area contributed by atoms with Gasteiger partial charge in [-0.2, -0.15) is 0 Å². The Balaban J connectivity index is 1.92. The van der Waals surface area contributed by atoms with Gasteiger partial charge >= 0.3 is 5.97 Å². The molecule has 2 aromatic heterocycles. The maximum absolute atomic E-state index is 10.9. The Kier molecular flexibility index (Phi) is 6.52. The van der Waals surface area contributed by atoms with Gasteiger partial charge in [-0.05, 0) is 46.9 Å². The minimum absolute atomic E-state index is 0.128. The second-order valence-electron chi connectivity index (χ2n) is 6.60. The minimum atomic E-state index is -0.785. The number of aryl methyl sites for hydroxylation is 2. The van der Waals surface area contributed by atoms with E-state index in [9.17, 15) is 9.90 Å². The fourth-order valence-corrected chi connectivity index (χ4v) is 4.45. The summed E-state index contributed by atoms with van der Waals surface area (Å²) in [6.45, 7) is 2.56. The summed E-state index contributed by atoms with van der Waals surface area (Å²) in [5.74, 6) is 0.106. The van der Waals surface area contributed by atoms with Crippen molar-refractivity contribution in [3.05, 3.63) is 51.4 Å². The van der Waals surface area contributed by atoms with Crippen molar-refractivity contribution in [1.82, 2.24) is 9.55 Å². The van der Waals surface area contributed by atoms with Crippen LogP contribution in [0.3, 0.4) is 0 Å². The molecule has 0 saturated carbocycles. The number of benzene rings is 1. The minimum Gasteiger partial charge on any atom is -0.481 e. The van der Waals surface area contributed by atoms with Gasteiger partial charge < -0.3 is 14.8 Å². The van der Waals surface area contributed by atoms with Crippen LogP contribution in [0, 0.1) is 0 Å². The average molecular weight is 407 g/mol. The molecule has 0 aliphatic rings. The van der Waals surface area contributed by atoms with Crippen LogP contribution >= 0.6 is 22.9 Å². The molecule has 3 rings (SSSR count). The van der Waals surface area contributed by atoms with Crippen molar-refractivity contribution >= 4 is 39.0 Å². The first-order valence-electron chi connectivity index (χ1n) is 9.09. The molecule has 0 saturated heterocycles. The third-order valence-electron chi connectivity index (χ3n) is 4.67. The van der Waals surface area contributed by atoms with Crippen LogP contribution in [0.15, 0.2) is 23.6 Å². The van der Waals surface area contributed by atoms with Gasteiger partial charge in [0.15, 0.2) is 5.15 Å². The molecule has 0 aliphatic carbocycles. The highest BCUT2D eigenvalue weighted by atomic mass is 35.5. The Morgan fingerprint density at radius 3 is 2.85 bits per heavy atom. The first kappa shape index (κ1) is 19.9. The summed E-state index contributed by atoms with van der Waals surface area (Å²) in [5, 5.41) is 22.2. The van der Waals surface area contributed by atoms with E-state index >= 15 is 0 Å². The molecule has 0 radical (unpaired) electrons. The number of carboxylic acid groups (broad SMARTS) is 1. The topological polar surface area (TPSA) is 75.4 Å². The van der Waals surface area contributed by atoms with E-state index in [0.29, 0.717) is 23.8 Å². The Labute approximate surface area is 167 Å². The van der Waals surface area contributed by atoms with Crippen molar-refractivity contribution in [2.45, 2.75) is 52.2 Å². The molecule has 0 unspecified atom stereocenters. The number of rotatable bonds is 9. The maximum atomic E-state index is 10.9. The van der Waals surface area contributed by atoms with Crippen LogP contribution in [0.25, 0.3) is 10.1 Å². The molecule has 144 valence electrons. The van der Waals surface area contributed by atoms with Gasteiger partial charge in [0.05, 0.1) is 12.3 Å². The van der Waals surface area contributed by atoms with E-state index in [-0.39, 0.29) is 13.0 Å². The number of aliphatic carboxylic acids is 1.